The van der Waals surface area contributed by atoms with E-state index in [2.05, 4.69) is 6.07 Å². The molecular weight excluding hydrogens is 284 g/mol. The monoisotopic (exact) mass is 300 g/mol. The molecule has 0 spiro atoms. The molecule has 0 atom stereocenters. The number of likely N-dealkylation sites (N-methyl/N-ethyl adjacent to an activating group) is 1. The number of halogens is 1. The lowest BCUT2D eigenvalue weighted by atomic mass is 10.2. The highest BCUT2D eigenvalue weighted by molar-refractivity contribution is 7.09. The molecule has 19 heavy (non-hydrogen) atoms. The Hall–Kier alpha value is -1.30. The summed E-state index contributed by atoms with van der Waals surface area (Å²) >= 11 is 1.71. The first kappa shape index (κ1) is 15.8. The maximum absolute atomic E-state index is 12.1. The number of nitrogens with two attached hydrogens (primary N) is 1. The first-order valence-electron chi connectivity index (χ1n) is 5.76. The summed E-state index contributed by atoms with van der Waals surface area (Å²) in [5.41, 5.74) is 6.00. The van der Waals surface area contributed by atoms with Gasteiger partial charge in [-0.3, -0.25) is 4.79 Å². The Kier molecular flexibility index (Phi) is 6.08. The molecule has 0 bridgehead atoms. The zero-order chi connectivity index (χ0) is 13.0. The van der Waals surface area contributed by atoms with Crippen molar-refractivity contribution < 1.29 is 9.21 Å². The van der Waals surface area contributed by atoms with E-state index in [-0.39, 0.29) is 18.3 Å². The van der Waals surface area contributed by atoms with Crippen molar-refractivity contribution in [1.82, 2.24) is 4.90 Å². The van der Waals surface area contributed by atoms with Gasteiger partial charge in [-0.15, -0.1) is 23.7 Å². The van der Waals surface area contributed by atoms with Crippen molar-refractivity contribution in [2.45, 2.75) is 13.0 Å². The highest BCUT2D eigenvalue weighted by atomic mass is 35.5. The van der Waals surface area contributed by atoms with E-state index < -0.39 is 0 Å². The van der Waals surface area contributed by atoms with Crippen molar-refractivity contribution >= 4 is 29.7 Å². The highest BCUT2D eigenvalue weighted by Crippen LogP contribution is 2.12. The third kappa shape index (κ3) is 4.09. The first-order valence-corrected chi connectivity index (χ1v) is 6.64. The Morgan fingerprint density at radius 1 is 1.53 bits per heavy atom. The van der Waals surface area contributed by atoms with Crippen LogP contribution >= 0.6 is 23.7 Å². The third-order valence-corrected chi connectivity index (χ3v) is 3.66. The van der Waals surface area contributed by atoms with Gasteiger partial charge in [-0.25, -0.2) is 0 Å². The number of nitrogens with zero attached hydrogens (tertiary/aromatic N) is 1. The summed E-state index contributed by atoms with van der Waals surface area (Å²) in [6.07, 6.45) is 2.34. The van der Waals surface area contributed by atoms with Crippen LogP contribution in [-0.2, 0) is 13.0 Å². The molecule has 0 aromatic carbocycles. The van der Waals surface area contributed by atoms with Gasteiger partial charge in [0.25, 0.3) is 5.91 Å². The topological polar surface area (TPSA) is 59.5 Å². The summed E-state index contributed by atoms with van der Waals surface area (Å²) in [4.78, 5) is 15.0. The molecule has 1 amide bonds. The van der Waals surface area contributed by atoms with E-state index in [1.54, 1.807) is 29.4 Å². The average molecular weight is 301 g/mol. The molecule has 2 aromatic rings. The molecule has 0 aliphatic carbocycles. The van der Waals surface area contributed by atoms with Crippen LogP contribution in [0.15, 0.2) is 34.3 Å². The number of carbonyl (C=O) groups is 1. The lowest BCUT2D eigenvalue weighted by Crippen LogP contribution is -2.28. The zero-order valence-electron chi connectivity index (χ0n) is 10.7. The Labute approximate surface area is 122 Å². The van der Waals surface area contributed by atoms with Crippen LogP contribution in [0, 0.1) is 0 Å². The quantitative estimate of drug-likeness (QED) is 0.923. The van der Waals surface area contributed by atoms with Crippen LogP contribution < -0.4 is 5.73 Å². The van der Waals surface area contributed by atoms with Gasteiger partial charge in [-0.2, -0.15) is 0 Å². The van der Waals surface area contributed by atoms with Crippen molar-refractivity contribution in [3.8, 4) is 0 Å². The van der Waals surface area contributed by atoms with Crippen LogP contribution in [-0.4, -0.2) is 24.4 Å². The highest BCUT2D eigenvalue weighted by Gasteiger charge is 2.14. The summed E-state index contributed by atoms with van der Waals surface area (Å²) in [5.74, 6) is 0.597. The van der Waals surface area contributed by atoms with Crippen LogP contribution in [0.25, 0.3) is 0 Å². The average Bonchev–Trinajstić information content (AvgIpc) is 3.05. The molecule has 0 aliphatic heterocycles. The Balaban J connectivity index is 0.00000180. The van der Waals surface area contributed by atoms with Gasteiger partial charge in [0.1, 0.15) is 12.0 Å². The molecule has 0 saturated heterocycles. The fourth-order valence-electron chi connectivity index (χ4n) is 1.65. The van der Waals surface area contributed by atoms with Crippen molar-refractivity contribution in [2.75, 3.05) is 13.6 Å². The number of thiophene rings is 1. The second-order valence-corrected chi connectivity index (χ2v) is 5.09. The lowest BCUT2D eigenvalue weighted by molar-refractivity contribution is 0.0796. The number of amides is 1. The van der Waals surface area contributed by atoms with Gasteiger partial charge < -0.3 is 15.1 Å². The molecule has 0 unspecified atom stereocenters. The van der Waals surface area contributed by atoms with Crippen molar-refractivity contribution in [3.05, 3.63) is 46.0 Å². The molecule has 2 aromatic heterocycles. The van der Waals surface area contributed by atoms with E-state index >= 15 is 0 Å². The van der Waals surface area contributed by atoms with E-state index in [4.69, 9.17) is 10.2 Å². The van der Waals surface area contributed by atoms with Crippen molar-refractivity contribution in [3.63, 3.8) is 0 Å². The second-order valence-electron chi connectivity index (χ2n) is 4.06. The molecule has 2 rings (SSSR count). The third-order valence-electron chi connectivity index (χ3n) is 2.72. The minimum atomic E-state index is -0.0324. The zero-order valence-corrected chi connectivity index (χ0v) is 12.3. The van der Waals surface area contributed by atoms with Crippen LogP contribution in [0.1, 0.15) is 21.0 Å². The standard InChI is InChI=1S/C13H16N2O2S.ClH/c1-15(5-4-12-3-2-6-18-12)13(16)10-7-11(8-14)17-9-10;/h2-3,6-7,9H,4-5,8,14H2,1H3;1H. The first-order chi connectivity index (χ1) is 8.70. The fourth-order valence-corrected chi connectivity index (χ4v) is 2.35. The largest absolute Gasteiger partial charge is 0.467 e. The van der Waals surface area contributed by atoms with Gasteiger partial charge >= 0.3 is 0 Å². The van der Waals surface area contributed by atoms with Crippen LogP contribution in [0.3, 0.4) is 0 Å². The number of carbonyl (C=O) groups excluding carboxylic acids is 1. The van der Waals surface area contributed by atoms with E-state index in [9.17, 15) is 4.79 Å². The van der Waals surface area contributed by atoms with E-state index in [1.165, 1.54) is 11.1 Å². The number of hydrogen-bond acceptors (Lipinski definition) is 4. The summed E-state index contributed by atoms with van der Waals surface area (Å²) in [5, 5.41) is 2.04. The summed E-state index contributed by atoms with van der Waals surface area (Å²) in [7, 11) is 1.80. The van der Waals surface area contributed by atoms with Gasteiger partial charge in [-0.05, 0) is 23.9 Å². The summed E-state index contributed by atoms with van der Waals surface area (Å²) in [6, 6.07) is 5.79. The predicted octanol–water partition coefficient (Wildman–Crippen LogP) is 2.54. The maximum atomic E-state index is 12.1. The summed E-state index contributed by atoms with van der Waals surface area (Å²) in [6.45, 7) is 1.01. The Morgan fingerprint density at radius 2 is 2.32 bits per heavy atom. The SMILES string of the molecule is CN(CCc1cccs1)C(=O)c1coc(CN)c1.Cl. The van der Waals surface area contributed by atoms with Gasteiger partial charge in [0.2, 0.25) is 0 Å². The molecule has 2 N–H and O–H groups in total. The molecule has 6 heteroatoms. The molecule has 0 radical (unpaired) electrons. The predicted molar refractivity (Wildman–Crippen MR) is 78.8 cm³/mol. The van der Waals surface area contributed by atoms with E-state index in [1.807, 2.05) is 11.4 Å². The summed E-state index contributed by atoms with van der Waals surface area (Å²) < 4.78 is 5.17. The molecule has 0 saturated carbocycles. The second kappa shape index (κ2) is 7.33. The van der Waals surface area contributed by atoms with Gasteiger partial charge in [-0.1, -0.05) is 6.07 Å². The smallest absolute Gasteiger partial charge is 0.256 e. The minimum absolute atomic E-state index is 0. The normalized spacial score (nSPS) is 10.0. The molecular formula is C13H17ClN2O2S. The maximum Gasteiger partial charge on any atom is 0.256 e. The van der Waals surface area contributed by atoms with E-state index in [0.717, 1.165) is 6.42 Å². The number of hydrogen-bond donors (Lipinski definition) is 1. The fraction of sp³-hybridized carbons (Fsp3) is 0.308. The van der Waals surface area contributed by atoms with Crippen LogP contribution in [0.5, 0.6) is 0 Å². The number of furan rings is 1. The van der Waals surface area contributed by atoms with Crippen molar-refractivity contribution in [2.24, 2.45) is 5.73 Å². The molecule has 2 heterocycles. The van der Waals surface area contributed by atoms with Gasteiger partial charge in [0.05, 0.1) is 12.1 Å². The van der Waals surface area contributed by atoms with E-state index in [0.29, 0.717) is 24.4 Å². The Bertz CT molecular complexity index is 510. The molecule has 4 nitrogen and oxygen atoms in total. The van der Waals surface area contributed by atoms with Crippen LogP contribution in [0.4, 0.5) is 0 Å². The number of rotatable bonds is 5. The van der Waals surface area contributed by atoms with Gasteiger partial charge in [0, 0.05) is 18.5 Å². The molecule has 0 fully saturated rings. The molecule has 104 valence electrons. The van der Waals surface area contributed by atoms with Gasteiger partial charge in [0.15, 0.2) is 0 Å². The lowest BCUT2D eigenvalue weighted by Gasteiger charge is -2.15. The van der Waals surface area contributed by atoms with Crippen LogP contribution in [0.2, 0.25) is 0 Å². The molecule has 0 aliphatic rings. The minimum Gasteiger partial charge on any atom is -0.467 e. The van der Waals surface area contributed by atoms with Crippen molar-refractivity contribution in [1.29, 1.82) is 0 Å². The Morgan fingerprint density at radius 3 is 2.89 bits per heavy atom.